The molecule has 0 bridgehead atoms. The number of benzene rings is 1. The van der Waals surface area contributed by atoms with Gasteiger partial charge in [-0.05, 0) is 56.2 Å². The van der Waals surface area contributed by atoms with Gasteiger partial charge >= 0.3 is 0 Å². The van der Waals surface area contributed by atoms with Gasteiger partial charge in [-0.2, -0.15) is 0 Å². The fourth-order valence-corrected chi connectivity index (χ4v) is 4.30. The lowest BCUT2D eigenvalue weighted by Gasteiger charge is -2.37. The van der Waals surface area contributed by atoms with Crippen LogP contribution in [-0.2, 0) is 4.79 Å². The van der Waals surface area contributed by atoms with Crippen LogP contribution in [0.5, 0.6) is 0 Å². The number of piperidine rings is 1. The van der Waals surface area contributed by atoms with Gasteiger partial charge in [0, 0.05) is 19.1 Å². The van der Waals surface area contributed by atoms with E-state index in [0.717, 1.165) is 25.3 Å². The highest BCUT2D eigenvalue weighted by Crippen LogP contribution is 2.30. The van der Waals surface area contributed by atoms with Crippen LogP contribution in [0.2, 0.25) is 0 Å². The highest BCUT2D eigenvalue weighted by molar-refractivity contribution is 6.22. The van der Waals surface area contributed by atoms with E-state index in [2.05, 4.69) is 5.32 Å². The highest BCUT2D eigenvalue weighted by atomic mass is 16.2. The Morgan fingerprint density at radius 1 is 1.04 bits per heavy atom. The van der Waals surface area contributed by atoms with Gasteiger partial charge in [0.25, 0.3) is 11.8 Å². The third-order valence-electron chi connectivity index (χ3n) is 6.19. The van der Waals surface area contributed by atoms with E-state index in [4.69, 9.17) is 0 Å². The maximum atomic E-state index is 13.3. The normalized spacial score (nSPS) is 21.4. The summed E-state index contributed by atoms with van der Waals surface area (Å²) in [4.78, 5) is 42.1. The summed E-state index contributed by atoms with van der Waals surface area (Å²) in [5.74, 6) is -0.105. The van der Waals surface area contributed by atoms with Gasteiger partial charge in [-0.25, -0.2) is 0 Å². The number of carbonyl (C=O) groups excluding carboxylic acids is 3. The minimum atomic E-state index is -0.747. The van der Waals surface area contributed by atoms with Crippen LogP contribution in [0.1, 0.15) is 60.2 Å². The number of carbonyl (C=O) groups is 3. The molecule has 1 N–H and O–H groups in total. The van der Waals surface area contributed by atoms with Crippen molar-refractivity contribution in [2.45, 2.75) is 51.6 Å². The molecule has 6 heteroatoms. The molecule has 1 saturated heterocycles. The number of hydrogen-bond acceptors (Lipinski definition) is 4. The average molecular weight is 383 g/mol. The first-order valence-electron chi connectivity index (χ1n) is 10.5. The molecule has 1 atom stereocenters. The maximum Gasteiger partial charge on any atom is 0.262 e. The minimum absolute atomic E-state index is 0.106. The van der Waals surface area contributed by atoms with Crippen molar-refractivity contribution in [2.75, 3.05) is 19.6 Å². The zero-order valence-corrected chi connectivity index (χ0v) is 16.7. The van der Waals surface area contributed by atoms with Crippen LogP contribution in [0, 0.1) is 11.8 Å². The number of fused-ring (bicyclic) bond motifs is 1. The molecule has 1 aromatic rings. The largest absolute Gasteiger partial charge is 0.341 e. The molecule has 6 nitrogen and oxygen atoms in total. The molecular weight excluding hydrogens is 354 g/mol. The third-order valence-corrected chi connectivity index (χ3v) is 6.19. The summed E-state index contributed by atoms with van der Waals surface area (Å²) in [5, 5.41) is 3.62. The molecule has 4 rings (SSSR count). The average Bonchev–Trinajstić information content (AvgIpc) is 3.50. The molecule has 1 aromatic carbocycles. The van der Waals surface area contributed by atoms with E-state index in [9.17, 15) is 14.4 Å². The second-order valence-electron chi connectivity index (χ2n) is 8.67. The van der Waals surface area contributed by atoms with Gasteiger partial charge in [0.1, 0.15) is 6.04 Å². The maximum absolute atomic E-state index is 13.3. The van der Waals surface area contributed by atoms with Gasteiger partial charge in [0.2, 0.25) is 5.91 Å². The molecule has 0 spiro atoms. The van der Waals surface area contributed by atoms with Gasteiger partial charge in [-0.1, -0.05) is 26.0 Å². The first-order valence-corrected chi connectivity index (χ1v) is 10.5. The van der Waals surface area contributed by atoms with E-state index >= 15 is 0 Å². The molecule has 1 saturated carbocycles. The summed E-state index contributed by atoms with van der Waals surface area (Å²) >= 11 is 0. The van der Waals surface area contributed by atoms with Crippen LogP contribution in [-0.4, -0.2) is 59.2 Å². The summed E-state index contributed by atoms with van der Waals surface area (Å²) in [6.07, 6.45) is 4.51. The lowest BCUT2D eigenvalue weighted by molar-refractivity contribution is -0.138. The molecule has 2 heterocycles. The van der Waals surface area contributed by atoms with Gasteiger partial charge < -0.3 is 10.2 Å². The number of hydrogen-bond donors (Lipinski definition) is 1. The topological polar surface area (TPSA) is 69.7 Å². The second kappa shape index (κ2) is 7.66. The minimum Gasteiger partial charge on any atom is -0.341 e. The van der Waals surface area contributed by atoms with Crippen molar-refractivity contribution in [2.24, 2.45) is 11.8 Å². The molecular formula is C22H29N3O3. The first-order chi connectivity index (χ1) is 13.5. The number of nitrogens with zero attached hydrogens (tertiary/aromatic N) is 2. The van der Waals surface area contributed by atoms with E-state index in [-0.39, 0.29) is 23.6 Å². The summed E-state index contributed by atoms with van der Waals surface area (Å²) in [7, 11) is 0. The lowest BCUT2D eigenvalue weighted by Crippen LogP contribution is -2.56. The molecule has 0 radical (unpaired) electrons. The molecule has 2 aliphatic heterocycles. The van der Waals surface area contributed by atoms with Crippen molar-refractivity contribution in [3.63, 3.8) is 0 Å². The van der Waals surface area contributed by atoms with Crippen molar-refractivity contribution in [1.29, 1.82) is 0 Å². The number of rotatable bonds is 6. The number of nitrogens with one attached hydrogen (secondary N) is 1. The van der Waals surface area contributed by atoms with E-state index in [1.54, 1.807) is 24.3 Å². The quantitative estimate of drug-likeness (QED) is 0.766. The predicted octanol–water partition coefficient (Wildman–Crippen LogP) is 2.30. The van der Waals surface area contributed by atoms with Crippen LogP contribution >= 0.6 is 0 Å². The molecule has 3 amide bonds. The number of imide groups is 1. The van der Waals surface area contributed by atoms with E-state index in [0.29, 0.717) is 30.3 Å². The zero-order chi connectivity index (χ0) is 19.8. The predicted molar refractivity (Wildman–Crippen MR) is 106 cm³/mol. The number of likely N-dealkylation sites (tertiary alicyclic amines) is 1. The molecule has 0 aromatic heterocycles. The van der Waals surface area contributed by atoms with Crippen LogP contribution in [0.25, 0.3) is 0 Å². The van der Waals surface area contributed by atoms with Crippen molar-refractivity contribution in [3.8, 4) is 0 Å². The Hall–Kier alpha value is -2.21. The Morgan fingerprint density at radius 2 is 1.61 bits per heavy atom. The van der Waals surface area contributed by atoms with E-state index in [1.165, 1.54) is 17.7 Å². The van der Waals surface area contributed by atoms with Gasteiger partial charge in [0.15, 0.2) is 0 Å². The Bertz CT molecular complexity index is 744. The zero-order valence-electron chi connectivity index (χ0n) is 16.7. The standard InChI is InChI=1S/C22H29N3O3/c1-14(2)19(25-20(26)17-5-3-4-6-18(17)21(25)27)22(28)24-11-9-16(10-12-24)23-13-15-7-8-15/h3-6,14-16,19,23H,7-13H2,1-2H3. The first kappa shape index (κ1) is 19.1. The molecule has 1 unspecified atom stereocenters. The molecule has 1 aliphatic carbocycles. The smallest absolute Gasteiger partial charge is 0.262 e. The van der Waals surface area contributed by atoms with Gasteiger partial charge in [-0.15, -0.1) is 0 Å². The van der Waals surface area contributed by atoms with Crippen LogP contribution < -0.4 is 5.32 Å². The van der Waals surface area contributed by atoms with E-state index < -0.39 is 6.04 Å². The molecule has 3 aliphatic rings. The lowest BCUT2D eigenvalue weighted by atomic mass is 9.98. The fraction of sp³-hybridized carbons (Fsp3) is 0.591. The summed E-state index contributed by atoms with van der Waals surface area (Å²) < 4.78 is 0. The molecule has 28 heavy (non-hydrogen) atoms. The van der Waals surface area contributed by atoms with Crippen LogP contribution in [0.15, 0.2) is 24.3 Å². The summed E-state index contributed by atoms with van der Waals surface area (Å²) in [5.41, 5.74) is 0.794. The van der Waals surface area contributed by atoms with Crippen molar-refractivity contribution in [3.05, 3.63) is 35.4 Å². The number of amides is 3. The summed E-state index contributed by atoms with van der Waals surface area (Å²) in [6, 6.07) is 6.53. The highest BCUT2D eigenvalue weighted by Gasteiger charge is 2.45. The molecule has 2 fully saturated rings. The third kappa shape index (κ3) is 3.58. The second-order valence-corrected chi connectivity index (χ2v) is 8.67. The van der Waals surface area contributed by atoms with E-state index in [1.807, 2.05) is 18.7 Å². The Kier molecular flexibility index (Phi) is 5.23. The summed E-state index contributed by atoms with van der Waals surface area (Å²) in [6.45, 7) is 6.23. The Balaban J connectivity index is 1.44. The monoisotopic (exact) mass is 383 g/mol. The van der Waals surface area contributed by atoms with Gasteiger partial charge in [0.05, 0.1) is 11.1 Å². The fourth-order valence-electron chi connectivity index (χ4n) is 4.30. The van der Waals surface area contributed by atoms with Crippen molar-refractivity contribution < 1.29 is 14.4 Å². The SMILES string of the molecule is CC(C)C(C(=O)N1CCC(NCC2CC2)CC1)N1C(=O)c2ccccc2C1=O. The Labute approximate surface area is 166 Å². The van der Waals surface area contributed by atoms with Crippen molar-refractivity contribution in [1.82, 2.24) is 15.1 Å². The Morgan fingerprint density at radius 3 is 2.11 bits per heavy atom. The van der Waals surface area contributed by atoms with Crippen molar-refractivity contribution >= 4 is 17.7 Å². The molecule has 150 valence electrons. The van der Waals surface area contributed by atoms with Gasteiger partial charge in [-0.3, -0.25) is 19.3 Å². The van der Waals surface area contributed by atoms with Crippen LogP contribution in [0.3, 0.4) is 0 Å². The van der Waals surface area contributed by atoms with Crippen LogP contribution in [0.4, 0.5) is 0 Å².